The van der Waals surface area contributed by atoms with Crippen molar-refractivity contribution in [2.75, 3.05) is 56.6 Å². The van der Waals surface area contributed by atoms with Crippen LogP contribution in [0.5, 0.6) is 5.75 Å². The molecule has 0 bridgehead atoms. The summed E-state index contributed by atoms with van der Waals surface area (Å²) >= 11 is 1.30. The van der Waals surface area contributed by atoms with Crippen LogP contribution in [0.25, 0.3) is 10.9 Å². The minimum Gasteiger partial charge on any atom is -0.492 e. The maximum absolute atomic E-state index is 14.6. The molecule has 20 nitrogen and oxygen atoms in total. The second-order valence-corrected chi connectivity index (χ2v) is 25.1. The summed E-state index contributed by atoms with van der Waals surface area (Å²) in [5, 5.41) is 19.3. The molecule has 414 valence electrons. The monoisotopic (exact) mass is 1110 g/mol. The van der Waals surface area contributed by atoms with Gasteiger partial charge < -0.3 is 35.4 Å². The molecule has 0 spiro atoms. The second kappa shape index (κ2) is 23.5. The number of H-pyrrole nitrogens is 1. The van der Waals surface area contributed by atoms with Crippen LogP contribution >= 0.6 is 11.3 Å². The summed E-state index contributed by atoms with van der Waals surface area (Å²) in [7, 11) is -2.15. The van der Waals surface area contributed by atoms with Crippen molar-refractivity contribution in [3.05, 3.63) is 99.4 Å². The smallest absolute Gasteiger partial charge is 0.256 e. The fourth-order valence-electron chi connectivity index (χ4n) is 10.3. The summed E-state index contributed by atoms with van der Waals surface area (Å²) in [6.45, 7) is 13.6. The number of likely N-dealkylation sites (N-methyl/N-ethyl adjacent to an activating group) is 1. The lowest BCUT2D eigenvalue weighted by atomic mass is 9.87. The van der Waals surface area contributed by atoms with Crippen molar-refractivity contribution < 1.29 is 36.7 Å². The van der Waals surface area contributed by atoms with Gasteiger partial charge >= 0.3 is 0 Å². The number of fused-ring (bicyclic) bond motifs is 1. The highest BCUT2D eigenvalue weighted by atomic mass is 32.2. The Hall–Kier alpha value is -6.98. The lowest BCUT2D eigenvalue weighted by Gasteiger charge is -2.38. The van der Waals surface area contributed by atoms with Gasteiger partial charge in [-0.1, -0.05) is 0 Å². The number of hydrogen-bond acceptors (Lipinski definition) is 17. The highest BCUT2D eigenvalue weighted by Gasteiger charge is 2.42. The lowest BCUT2D eigenvalue weighted by Crippen LogP contribution is -2.57. The van der Waals surface area contributed by atoms with Crippen LogP contribution < -0.4 is 25.6 Å². The van der Waals surface area contributed by atoms with Gasteiger partial charge in [0.1, 0.15) is 45.4 Å². The number of aromatic nitrogens is 7. The van der Waals surface area contributed by atoms with Gasteiger partial charge in [-0.15, -0.1) is 11.3 Å². The number of halogens is 1. The largest absolute Gasteiger partial charge is 0.492 e. The number of rotatable bonds is 18. The first-order valence-corrected chi connectivity index (χ1v) is 29.0. The predicted octanol–water partition coefficient (Wildman–Crippen LogP) is 7.29. The van der Waals surface area contributed by atoms with Crippen LogP contribution in [0.4, 0.5) is 22.0 Å². The van der Waals surface area contributed by atoms with Crippen LogP contribution in [0.3, 0.4) is 0 Å². The number of anilines is 3. The summed E-state index contributed by atoms with van der Waals surface area (Å²) in [4.78, 5) is 83.5. The number of aryl methyl sites for hydroxylation is 1. The highest BCUT2D eigenvalue weighted by Crippen LogP contribution is 2.39. The summed E-state index contributed by atoms with van der Waals surface area (Å²) in [5.41, 5.74) is 3.28. The van der Waals surface area contributed by atoms with Gasteiger partial charge in [-0.2, -0.15) is 5.10 Å². The van der Waals surface area contributed by atoms with E-state index in [9.17, 15) is 32.0 Å². The molecule has 3 amide bonds. The van der Waals surface area contributed by atoms with E-state index in [1.54, 1.807) is 74.4 Å². The van der Waals surface area contributed by atoms with Gasteiger partial charge in [-0.3, -0.25) is 24.3 Å². The standard InChI is InChI=1S/C55H68FN13O7S2/c1-32-33(2)65-66-48(32)64-49-40-26-45(78(74,75)55(4,5)6)44(27-41(40)60-31-61-49)76-25-9-10-35-16-21-68(22-17-35)54-58-28-38(29-59-54)52(72)67-23-18-36(19-24-67)46(63-50(71)34(3)57-7)53(73)69-20-8-11-43(69)51-62-42(30-77-51)47(70)37-12-14-39(56)15-13-37/h12-15,26-31,34-36,43,46,57H,8-11,16-25H2,1-7H3,(H,63,71)(H2,60,61,64,65,66). The van der Waals surface area contributed by atoms with Crippen molar-refractivity contribution in [2.24, 2.45) is 11.8 Å². The average Bonchev–Trinajstić information content (AvgIpc) is 4.26. The number of benzene rings is 2. The molecule has 3 aliphatic heterocycles. The molecule has 7 heterocycles. The van der Waals surface area contributed by atoms with E-state index in [1.807, 2.05) is 13.8 Å². The number of nitrogens with zero attached hydrogens (tertiary/aromatic N) is 9. The third-order valence-electron chi connectivity index (χ3n) is 15.5. The fourth-order valence-corrected chi connectivity index (χ4v) is 12.5. The summed E-state index contributed by atoms with van der Waals surface area (Å²) < 4.78 is 46.7. The van der Waals surface area contributed by atoms with Crippen molar-refractivity contribution in [3.8, 4) is 5.75 Å². The Labute approximate surface area is 457 Å². The van der Waals surface area contributed by atoms with Crippen LogP contribution in [0.1, 0.15) is 128 Å². The number of likely N-dealkylation sites (tertiary alicyclic amines) is 2. The zero-order valence-corrected chi connectivity index (χ0v) is 46.8. The van der Waals surface area contributed by atoms with Gasteiger partial charge in [0.05, 0.1) is 34.5 Å². The highest BCUT2D eigenvalue weighted by molar-refractivity contribution is 7.92. The molecule has 3 unspecified atom stereocenters. The Bertz CT molecular complexity index is 3260. The number of hydrogen-bond donors (Lipinski definition) is 4. The zero-order valence-electron chi connectivity index (χ0n) is 45.1. The van der Waals surface area contributed by atoms with Crippen LogP contribution in [-0.2, 0) is 19.4 Å². The summed E-state index contributed by atoms with van der Waals surface area (Å²) in [5.74, 6) is 0.498. The van der Waals surface area contributed by atoms with E-state index >= 15 is 0 Å². The number of carbonyl (C=O) groups excluding carboxylic acids is 4. The van der Waals surface area contributed by atoms with Gasteiger partial charge in [0, 0.05) is 78.8 Å². The normalized spacial score (nSPS) is 17.5. The molecule has 0 radical (unpaired) electrons. The predicted molar refractivity (Wildman–Crippen MR) is 294 cm³/mol. The Balaban J connectivity index is 0.770. The fraction of sp³-hybridized carbons (Fsp3) is 0.491. The van der Waals surface area contributed by atoms with Gasteiger partial charge in [0.2, 0.25) is 23.5 Å². The topological polar surface area (TPSA) is 251 Å². The number of piperidine rings is 2. The molecular formula is C55H68FN13O7S2. The van der Waals surface area contributed by atoms with E-state index in [-0.39, 0.29) is 51.8 Å². The molecule has 3 aliphatic rings. The van der Waals surface area contributed by atoms with Crippen LogP contribution in [0.2, 0.25) is 0 Å². The van der Waals surface area contributed by atoms with Gasteiger partial charge in [-0.05, 0) is 142 Å². The number of ketones is 1. The molecule has 9 rings (SSSR count). The second-order valence-electron chi connectivity index (χ2n) is 21.5. The lowest BCUT2D eigenvalue weighted by molar-refractivity contribution is -0.139. The first-order valence-electron chi connectivity index (χ1n) is 26.7. The number of nitrogens with one attached hydrogen (secondary N) is 4. The maximum Gasteiger partial charge on any atom is 0.256 e. The van der Waals surface area contributed by atoms with Crippen molar-refractivity contribution in [1.82, 2.24) is 55.6 Å². The van der Waals surface area contributed by atoms with Crippen LogP contribution in [0.15, 0.2) is 65.4 Å². The Morgan fingerprint density at radius 1 is 0.910 bits per heavy atom. The number of amides is 3. The molecule has 0 saturated carbocycles. The van der Waals surface area contributed by atoms with Crippen molar-refractivity contribution in [1.29, 1.82) is 0 Å². The number of thiazole rings is 1. The molecule has 23 heteroatoms. The molecule has 0 aliphatic carbocycles. The SMILES string of the molecule is CNC(C)C(=O)NC(C(=O)N1CCCC1c1nc(C(=O)c2ccc(F)cc2)cs1)C1CCN(C(=O)c2cnc(N3CCC(CCCOc4cc5ncnc(Nc6n[nH]c(C)c6C)c5cc4S(=O)(=O)C(C)(C)C)CC3)nc2)CC1. The first kappa shape index (κ1) is 55.8. The number of aromatic amines is 1. The Kier molecular flexibility index (Phi) is 16.8. The van der Waals surface area contributed by atoms with E-state index in [0.29, 0.717) is 96.0 Å². The number of carbonyl (C=O) groups is 4. The van der Waals surface area contributed by atoms with E-state index in [1.165, 1.54) is 41.9 Å². The van der Waals surface area contributed by atoms with Gasteiger partial charge in [0.15, 0.2) is 15.7 Å². The molecule has 4 N–H and O–H groups in total. The van der Waals surface area contributed by atoms with E-state index < -0.39 is 32.5 Å². The Morgan fingerprint density at radius 2 is 1.63 bits per heavy atom. The van der Waals surface area contributed by atoms with Crippen molar-refractivity contribution in [2.45, 2.75) is 121 Å². The zero-order chi connectivity index (χ0) is 55.5. The molecule has 3 atom stereocenters. The molecule has 4 aromatic heterocycles. The first-order chi connectivity index (χ1) is 37.3. The van der Waals surface area contributed by atoms with Crippen LogP contribution in [-0.4, -0.2) is 140 Å². The van der Waals surface area contributed by atoms with Crippen molar-refractivity contribution >= 4 is 73.2 Å². The van der Waals surface area contributed by atoms with Gasteiger partial charge in [-0.25, -0.2) is 37.7 Å². The molecule has 3 fully saturated rings. The third-order valence-corrected chi connectivity index (χ3v) is 18.9. The maximum atomic E-state index is 14.6. The summed E-state index contributed by atoms with van der Waals surface area (Å²) in [6, 6.07) is 6.82. The van der Waals surface area contributed by atoms with Crippen LogP contribution in [0, 0.1) is 31.5 Å². The minimum atomic E-state index is -3.83. The van der Waals surface area contributed by atoms with E-state index in [2.05, 4.69) is 56.0 Å². The Morgan fingerprint density at radius 3 is 2.29 bits per heavy atom. The van der Waals surface area contributed by atoms with E-state index in [0.717, 1.165) is 56.5 Å². The summed E-state index contributed by atoms with van der Waals surface area (Å²) in [6.07, 6.45) is 10.3. The van der Waals surface area contributed by atoms with Gasteiger partial charge in [0.25, 0.3) is 5.91 Å². The third kappa shape index (κ3) is 12.0. The number of ether oxygens (including phenoxy) is 1. The average molecular weight is 1110 g/mol. The van der Waals surface area contributed by atoms with E-state index in [4.69, 9.17) is 4.74 Å². The minimum absolute atomic E-state index is 0.0822. The molecule has 78 heavy (non-hydrogen) atoms. The molecule has 3 saturated heterocycles. The molecular weight excluding hydrogens is 1040 g/mol. The number of sulfone groups is 1. The molecule has 2 aromatic carbocycles. The molecule has 6 aromatic rings. The van der Waals surface area contributed by atoms with Crippen molar-refractivity contribution in [3.63, 3.8) is 0 Å². The quantitative estimate of drug-likeness (QED) is 0.0487.